The van der Waals surface area contributed by atoms with E-state index in [0.717, 1.165) is 0 Å². The first-order valence-corrected chi connectivity index (χ1v) is 7.88. The minimum absolute atomic E-state index is 0.0124. The molecule has 8 heteroatoms. The number of aromatic amines is 1. The molecule has 2 aromatic rings. The van der Waals surface area contributed by atoms with Gasteiger partial charge in [-0.25, -0.2) is 4.39 Å². The second-order valence-electron chi connectivity index (χ2n) is 5.82. The second-order valence-corrected chi connectivity index (χ2v) is 6.23. The normalized spacial score (nSPS) is 21.0. The maximum absolute atomic E-state index is 14.0. The van der Waals surface area contributed by atoms with Crippen molar-refractivity contribution >= 4 is 17.5 Å². The Balaban J connectivity index is 1.85. The van der Waals surface area contributed by atoms with Crippen molar-refractivity contribution in [3.8, 4) is 5.75 Å². The Morgan fingerprint density at radius 3 is 2.83 bits per heavy atom. The number of carbonyl (C=O) groups excluding carboxylic acids is 1. The zero-order chi connectivity index (χ0) is 17.3. The van der Waals surface area contributed by atoms with Gasteiger partial charge in [0.25, 0.3) is 5.91 Å². The first-order valence-electron chi connectivity index (χ1n) is 7.50. The predicted molar refractivity (Wildman–Crippen MR) is 85.5 cm³/mol. The van der Waals surface area contributed by atoms with Crippen LogP contribution in [0.2, 0.25) is 5.02 Å². The number of hydrogen-bond acceptors (Lipinski definition) is 4. The van der Waals surface area contributed by atoms with E-state index >= 15 is 0 Å². The maximum atomic E-state index is 14.0. The van der Waals surface area contributed by atoms with Gasteiger partial charge in [0.15, 0.2) is 11.6 Å². The summed E-state index contributed by atoms with van der Waals surface area (Å²) in [6.45, 7) is 0. The quantitative estimate of drug-likeness (QED) is 0.770. The fourth-order valence-corrected chi connectivity index (χ4v) is 3.07. The average molecular weight is 354 g/mol. The number of halogens is 2. The molecular formula is C16H17ClFN3O3. The minimum Gasteiger partial charge on any atom is -0.494 e. The highest BCUT2D eigenvalue weighted by atomic mass is 35.5. The van der Waals surface area contributed by atoms with Gasteiger partial charge >= 0.3 is 0 Å². The summed E-state index contributed by atoms with van der Waals surface area (Å²) in [4.78, 5) is 12.4. The molecule has 1 atom stereocenters. The summed E-state index contributed by atoms with van der Waals surface area (Å²) in [5, 5.41) is 18.9. The van der Waals surface area contributed by atoms with Crippen molar-refractivity contribution in [3.05, 3.63) is 46.5 Å². The van der Waals surface area contributed by atoms with Crippen LogP contribution < -0.4 is 10.1 Å². The highest BCUT2D eigenvalue weighted by Gasteiger charge is 2.36. The van der Waals surface area contributed by atoms with Gasteiger partial charge in [-0.3, -0.25) is 9.89 Å². The van der Waals surface area contributed by atoms with Crippen molar-refractivity contribution in [2.75, 3.05) is 7.11 Å². The van der Waals surface area contributed by atoms with Crippen LogP contribution in [0.25, 0.3) is 0 Å². The molecular weight excluding hydrogens is 337 g/mol. The van der Waals surface area contributed by atoms with E-state index in [1.54, 1.807) is 6.07 Å². The lowest BCUT2D eigenvalue weighted by Gasteiger charge is -2.38. The lowest BCUT2D eigenvalue weighted by molar-refractivity contribution is 0.0234. The first kappa shape index (κ1) is 16.7. The number of aliphatic hydroxyl groups excluding tert-OH is 1. The fraction of sp³-hybridized carbons (Fsp3) is 0.375. The third-order valence-corrected chi connectivity index (χ3v) is 4.55. The Bertz CT molecular complexity index is 746. The van der Waals surface area contributed by atoms with Gasteiger partial charge in [-0.2, -0.15) is 5.10 Å². The third-order valence-electron chi connectivity index (χ3n) is 4.26. The number of hydrogen-bond donors (Lipinski definition) is 3. The number of nitrogens with zero attached hydrogens (tertiary/aromatic N) is 1. The van der Waals surface area contributed by atoms with Gasteiger partial charge in [-0.05, 0) is 36.5 Å². The molecule has 1 aliphatic rings. The Morgan fingerprint density at radius 1 is 1.54 bits per heavy atom. The first-order chi connectivity index (χ1) is 11.5. The molecule has 0 radical (unpaired) electrons. The Labute approximate surface area is 143 Å². The predicted octanol–water partition coefficient (Wildman–Crippen LogP) is 2.45. The molecule has 128 valence electrons. The number of rotatable bonds is 5. The highest BCUT2D eigenvalue weighted by molar-refractivity contribution is 6.33. The molecule has 6 nitrogen and oxygen atoms in total. The molecule has 0 saturated heterocycles. The highest BCUT2D eigenvalue weighted by Crippen LogP contribution is 2.39. The number of aromatic nitrogens is 2. The second kappa shape index (κ2) is 6.78. The van der Waals surface area contributed by atoms with E-state index in [9.17, 15) is 14.3 Å². The van der Waals surface area contributed by atoms with E-state index in [1.165, 1.54) is 25.4 Å². The van der Waals surface area contributed by atoms with Crippen molar-refractivity contribution in [3.63, 3.8) is 0 Å². The van der Waals surface area contributed by atoms with E-state index in [0.29, 0.717) is 18.4 Å². The summed E-state index contributed by atoms with van der Waals surface area (Å²) in [5.41, 5.74) is 0.754. The van der Waals surface area contributed by atoms with Gasteiger partial charge in [0.2, 0.25) is 0 Å². The molecule has 24 heavy (non-hydrogen) atoms. The molecule has 1 heterocycles. The lowest BCUT2D eigenvalue weighted by atomic mass is 9.75. The fourth-order valence-electron chi connectivity index (χ4n) is 2.90. The molecule has 1 saturated carbocycles. The van der Waals surface area contributed by atoms with Gasteiger partial charge in [0, 0.05) is 0 Å². The number of nitrogens with one attached hydrogen (secondary N) is 2. The molecule has 1 fully saturated rings. The molecule has 0 bridgehead atoms. The number of carbonyl (C=O) groups is 1. The van der Waals surface area contributed by atoms with Crippen molar-refractivity contribution < 1.29 is 19.0 Å². The van der Waals surface area contributed by atoms with Crippen LogP contribution >= 0.6 is 11.6 Å². The smallest absolute Gasteiger partial charge is 0.271 e. The molecule has 0 spiro atoms. The number of H-pyrrole nitrogens is 1. The van der Waals surface area contributed by atoms with Gasteiger partial charge in [-0.15, -0.1) is 0 Å². The monoisotopic (exact) mass is 353 g/mol. The largest absolute Gasteiger partial charge is 0.494 e. The van der Waals surface area contributed by atoms with Crippen molar-refractivity contribution in [1.29, 1.82) is 0 Å². The Hall–Kier alpha value is -2.12. The zero-order valence-corrected chi connectivity index (χ0v) is 13.7. The van der Waals surface area contributed by atoms with Crippen LogP contribution in [0.15, 0.2) is 24.4 Å². The van der Waals surface area contributed by atoms with Crippen LogP contribution in [0.4, 0.5) is 4.39 Å². The van der Waals surface area contributed by atoms with Crippen LogP contribution in [-0.4, -0.2) is 34.4 Å². The van der Waals surface area contributed by atoms with E-state index in [2.05, 4.69) is 15.5 Å². The molecule has 1 unspecified atom stereocenters. The molecule has 3 rings (SSSR count). The molecule has 1 aliphatic carbocycles. The van der Waals surface area contributed by atoms with Gasteiger partial charge in [0.05, 0.1) is 30.5 Å². The van der Waals surface area contributed by atoms with E-state index in [1.807, 2.05) is 0 Å². The molecule has 0 aliphatic heterocycles. The molecule has 3 N–H and O–H groups in total. The summed E-state index contributed by atoms with van der Waals surface area (Å²) in [6.07, 6.45) is 2.02. The van der Waals surface area contributed by atoms with Crippen molar-refractivity contribution in [2.24, 2.45) is 5.92 Å². The standard InChI is InChI=1S/C16H17ClFN3O3/c1-24-13-3-2-8(6-12(13)18)14(9-4-10(22)5-9)20-16(23)15-11(17)7-19-21-15/h2-3,6-7,9-10,14,22H,4-5H2,1H3,(H,19,21)(H,20,23). The number of methoxy groups -OCH3 is 1. The summed E-state index contributed by atoms with van der Waals surface area (Å²) in [7, 11) is 1.39. The number of aliphatic hydroxyl groups is 1. The summed E-state index contributed by atoms with van der Waals surface area (Å²) in [5.74, 6) is -0.790. The van der Waals surface area contributed by atoms with E-state index in [-0.39, 0.29) is 22.4 Å². The van der Waals surface area contributed by atoms with Crippen LogP contribution in [0.5, 0.6) is 5.75 Å². The van der Waals surface area contributed by atoms with Crippen molar-refractivity contribution in [2.45, 2.75) is 25.0 Å². The molecule has 1 amide bonds. The van der Waals surface area contributed by atoms with Crippen LogP contribution in [-0.2, 0) is 0 Å². The lowest BCUT2D eigenvalue weighted by Crippen LogP contribution is -2.41. The SMILES string of the molecule is COc1ccc(C(NC(=O)c2[nH]ncc2Cl)C2CC(O)C2)cc1F. The van der Waals surface area contributed by atoms with Gasteiger partial charge in [-0.1, -0.05) is 17.7 Å². The summed E-state index contributed by atoms with van der Waals surface area (Å²) in [6, 6.07) is 4.11. The van der Waals surface area contributed by atoms with Crippen molar-refractivity contribution in [1.82, 2.24) is 15.5 Å². The molecule has 1 aromatic heterocycles. The number of amides is 1. The Kier molecular flexibility index (Phi) is 4.73. The van der Waals surface area contributed by atoms with E-state index < -0.39 is 23.9 Å². The summed E-state index contributed by atoms with van der Waals surface area (Å²) < 4.78 is 18.9. The minimum atomic E-state index is -0.506. The number of benzene rings is 1. The van der Waals surface area contributed by atoms with E-state index in [4.69, 9.17) is 16.3 Å². The average Bonchev–Trinajstić information content (AvgIpc) is 2.96. The maximum Gasteiger partial charge on any atom is 0.271 e. The molecule has 1 aromatic carbocycles. The number of ether oxygens (including phenoxy) is 1. The van der Waals surface area contributed by atoms with Crippen LogP contribution in [0, 0.1) is 11.7 Å². The summed E-state index contributed by atoms with van der Waals surface area (Å²) >= 11 is 5.91. The Morgan fingerprint density at radius 2 is 2.29 bits per heavy atom. The van der Waals surface area contributed by atoms with Gasteiger partial charge in [0.1, 0.15) is 5.69 Å². The van der Waals surface area contributed by atoms with Crippen LogP contribution in [0.3, 0.4) is 0 Å². The third kappa shape index (κ3) is 3.22. The van der Waals surface area contributed by atoms with Crippen LogP contribution in [0.1, 0.15) is 34.9 Å². The zero-order valence-electron chi connectivity index (χ0n) is 12.9. The van der Waals surface area contributed by atoms with Gasteiger partial charge < -0.3 is 15.2 Å². The topological polar surface area (TPSA) is 87.2 Å².